The van der Waals surface area contributed by atoms with E-state index in [0.29, 0.717) is 23.3 Å². The number of nitrogens with one attached hydrogen (secondary N) is 1. The minimum Gasteiger partial charge on any atom is -0.356 e. The molecule has 35 heavy (non-hydrogen) atoms. The average molecular weight is 487 g/mol. The van der Waals surface area contributed by atoms with E-state index in [1.54, 1.807) is 12.1 Å². The van der Waals surface area contributed by atoms with Gasteiger partial charge in [-0.15, -0.1) is 0 Å². The predicted octanol–water partition coefficient (Wildman–Crippen LogP) is 4.47. The number of hydrogen-bond acceptors (Lipinski definition) is 5. The molecule has 8 heteroatoms. The maximum atomic E-state index is 13.3. The third-order valence-corrected chi connectivity index (χ3v) is 6.80. The number of rotatable bonds is 7. The van der Waals surface area contributed by atoms with Gasteiger partial charge >= 0.3 is 0 Å². The molecule has 0 bridgehead atoms. The van der Waals surface area contributed by atoms with Crippen molar-refractivity contribution < 1.29 is 14.0 Å². The zero-order valence-corrected chi connectivity index (χ0v) is 19.7. The minimum absolute atomic E-state index is 0.0221. The lowest BCUT2D eigenvalue weighted by Crippen LogP contribution is -2.42. The lowest BCUT2D eigenvalue weighted by molar-refractivity contribution is -0.128. The van der Waals surface area contributed by atoms with Crippen LogP contribution in [0.4, 0.5) is 10.1 Å². The molecule has 3 aromatic carbocycles. The number of amidine groups is 2. The molecule has 2 aliphatic rings. The van der Waals surface area contributed by atoms with Crippen molar-refractivity contribution in [1.29, 1.82) is 0 Å². The Morgan fingerprint density at radius 1 is 0.971 bits per heavy atom. The summed E-state index contributed by atoms with van der Waals surface area (Å²) in [7, 11) is 0. The average Bonchev–Trinajstić information content (AvgIpc) is 3.20. The third kappa shape index (κ3) is 5.17. The van der Waals surface area contributed by atoms with Crippen LogP contribution in [0, 0.1) is 5.82 Å². The first-order valence-electron chi connectivity index (χ1n) is 11.4. The molecule has 1 unspecified atom stereocenters. The largest absolute Gasteiger partial charge is 0.356 e. The van der Waals surface area contributed by atoms with E-state index in [1.165, 1.54) is 28.8 Å². The first-order valence-corrected chi connectivity index (χ1v) is 12.3. The van der Waals surface area contributed by atoms with Crippen LogP contribution in [-0.4, -0.2) is 40.3 Å². The van der Waals surface area contributed by atoms with E-state index in [9.17, 15) is 14.0 Å². The van der Waals surface area contributed by atoms with Gasteiger partial charge in [-0.25, -0.2) is 14.3 Å². The smallest absolute Gasteiger partial charge is 0.259 e. The van der Waals surface area contributed by atoms with Crippen molar-refractivity contribution in [2.24, 2.45) is 9.98 Å². The first-order chi connectivity index (χ1) is 17.1. The Morgan fingerprint density at radius 3 is 2.51 bits per heavy atom. The SMILES string of the molecule is O=C(CC1N=C2c3ccccc3N=C(SCc3ccc(F)cc3)N2C1=O)NCCc1ccccc1. The highest BCUT2D eigenvalue weighted by Crippen LogP contribution is 2.34. The van der Waals surface area contributed by atoms with Crippen LogP contribution in [0.5, 0.6) is 0 Å². The number of aliphatic imine (C=N–C) groups is 2. The Balaban J connectivity index is 1.29. The Morgan fingerprint density at radius 2 is 1.71 bits per heavy atom. The van der Waals surface area contributed by atoms with Crippen LogP contribution >= 0.6 is 11.8 Å². The zero-order valence-electron chi connectivity index (χ0n) is 18.9. The summed E-state index contributed by atoms with van der Waals surface area (Å²) in [6.45, 7) is 0.493. The number of fused-ring (bicyclic) bond motifs is 3. The molecule has 2 aliphatic heterocycles. The van der Waals surface area contributed by atoms with Crippen molar-refractivity contribution in [3.63, 3.8) is 0 Å². The second-order valence-electron chi connectivity index (χ2n) is 8.26. The summed E-state index contributed by atoms with van der Waals surface area (Å²) < 4.78 is 13.3. The lowest BCUT2D eigenvalue weighted by atomic mass is 10.1. The van der Waals surface area contributed by atoms with Crippen LogP contribution in [-0.2, 0) is 21.8 Å². The third-order valence-electron chi connectivity index (χ3n) is 5.79. The second kappa shape index (κ2) is 10.2. The fraction of sp³-hybridized carbons (Fsp3) is 0.185. The van der Waals surface area contributed by atoms with E-state index < -0.39 is 6.04 Å². The summed E-state index contributed by atoms with van der Waals surface area (Å²) in [5.74, 6) is 0.261. The monoisotopic (exact) mass is 486 g/mol. The van der Waals surface area contributed by atoms with Crippen molar-refractivity contribution in [2.45, 2.75) is 24.6 Å². The van der Waals surface area contributed by atoms with Gasteiger partial charge in [-0.05, 0) is 41.8 Å². The lowest BCUT2D eigenvalue weighted by Gasteiger charge is -2.25. The summed E-state index contributed by atoms with van der Waals surface area (Å²) in [4.78, 5) is 36.8. The van der Waals surface area contributed by atoms with Crippen LogP contribution in [0.25, 0.3) is 0 Å². The molecule has 2 amide bonds. The molecule has 0 spiro atoms. The van der Waals surface area contributed by atoms with Gasteiger partial charge < -0.3 is 5.32 Å². The van der Waals surface area contributed by atoms with Crippen LogP contribution in [0.2, 0.25) is 0 Å². The van der Waals surface area contributed by atoms with Gasteiger partial charge in [0.1, 0.15) is 17.7 Å². The van der Waals surface area contributed by atoms with Crippen LogP contribution in [0.1, 0.15) is 23.1 Å². The van der Waals surface area contributed by atoms with Crippen molar-refractivity contribution >= 4 is 40.3 Å². The van der Waals surface area contributed by atoms with Gasteiger partial charge in [-0.2, -0.15) is 0 Å². The number of thioether (sulfide) groups is 1. The quantitative estimate of drug-likeness (QED) is 0.536. The Hall–Kier alpha value is -3.78. The molecular formula is C27H23FN4O2S. The van der Waals surface area contributed by atoms with Crippen molar-refractivity contribution in [2.75, 3.05) is 6.54 Å². The number of nitrogens with zero attached hydrogens (tertiary/aromatic N) is 3. The van der Waals surface area contributed by atoms with E-state index in [0.717, 1.165) is 28.8 Å². The molecule has 5 rings (SSSR count). The van der Waals surface area contributed by atoms with Gasteiger partial charge in [-0.1, -0.05) is 66.4 Å². The van der Waals surface area contributed by atoms with Crippen molar-refractivity contribution in [1.82, 2.24) is 10.2 Å². The number of para-hydroxylation sites is 1. The molecule has 3 aromatic rings. The minimum atomic E-state index is -0.801. The van der Waals surface area contributed by atoms with E-state index >= 15 is 0 Å². The summed E-state index contributed by atoms with van der Waals surface area (Å²) >= 11 is 1.38. The molecule has 0 aromatic heterocycles. The highest BCUT2D eigenvalue weighted by atomic mass is 32.2. The van der Waals surface area contributed by atoms with Gasteiger partial charge in [0, 0.05) is 17.9 Å². The topological polar surface area (TPSA) is 74.1 Å². The van der Waals surface area contributed by atoms with Crippen molar-refractivity contribution in [3.8, 4) is 0 Å². The Labute approximate surface area is 207 Å². The number of benzene rings is 3. The maximum absolute atomic E-state index is 13.3. The van der Waals surface area contributed by atoms with Gasteiger partial charge in [0.05, 0.1) is 12.1 Å². The van der Waals surface area contributed by atoms with Gasteiger partial charge in [-0.3, -0.25) is 14.6 Å². The molecule has 1 atom stereocenters. The van der Waals surface area contributed by atoms with Crippen LogP contribution in [0.15, 0.2) is 88.8 Å². The van der Waals surface area contributed by atoms with Crippen LogP contribution in [0.3, 0.4) is 0 Å². The molecule has 0 saturated carbocycles. The molecule has 176 valence electrons. The number of carbonyl (C=O) groups excluding carboxylic acids is 2. The predicted molar refractivity (Wildman–Crippen MR) is 136 cm³/mol. The number of amides is 2. The van der Waals surface area contributed by atoms with Crippen molar-refractivity contribution in [3.05, 3.63) is 101 Å². The van der Waals surface area contributed by atoms with E-state index in [2.05, 4.69) is 10.3 Å². The molecule has 1 N–H and O–H groups in total. The second-order valence-corrected chi connectivity index (χ2v) is 9.20. The molecule has 2 heterocycles. The standard InChI is InChI=1S/C27H23FN4O2S/c28-20-12-10-19(11-13-20)17-35-27-31-22-9-5-4-8-21(22)25-30-23(26(34)32(25)27)16-24(33)29-15-14-18-6-2-1-3-7-18/h1-13,23H,14-17H2,(H,29,33). The summed E-state index contributed by atoms with van der Waals surface area (Å²) in [6, 6.07) is 22.9. The van der Waals surface area contributed by atoms with Gasteiger partial charge in [0.15, 0.2) is 5.17 Å². The summed E-state index contributed by atoms with van der Waals surface area (Å²) in [5.41, 5.74) is 3.54. The van der Waals surface area contributed by atoms with Gasteiger partial charge in [0.2, 0.25) is 5.91 Å². The molecule has 0 aliphatic carbocycles. The first kappa shape index (κ1) is 23.0. The summed E-state index contributed by atoms with van der Waals surface area (Å²) in [5, 5.41) is 3.40. The molecule has 0 fully saturated rings. The highest BCUT2D eigenvalue weighted by molar-refractivity contribution is 8.13. The number of halogens is 1. The highest BCUT2D eigenvalue weighted by Gasteiger charge is 2.42. The number of carbonyl (C=O) groups is 2. The molecule has 0 radical (unpaired) electrons. The summed E-state index contributed by atoms with van der Waals surface area (Å²) in [6.07, 6.45) is 0.696. The van der Waals surface area contributed by atoms with E-state index in [1.807, 2.05) is 54.6 Å². The van der Waals surface area contributed by atoms with E-state index in [4.69, 9.17) is 4.99 Å². The Bertz CT molecular complexity index is 1310. The van der Waals surface area contributed by atoms with E-state index in [-0.39, 0.29) is 24.1 Å². The normalized spacial score (nSPS) is 16.3. The maximum Gasteiger partial charge on any atom is 0.259 e. The molecule has 0 saturated heterocycles. The fourth-order valence-electron chi connectivity index (χ4n) is 4.00. The zero-order chi connectivity index (χ0) is 24.2. The Kier molecular flexibility index (Phi) is 6.72. The van der Waals surface area contributed by atoms with Gasteiger partial charge in [0.25, 0.3) is 5.91 Å². The van der Waals surface area contributed by atoms with Crippen LogP contribution < -0.4 is 5.32 Å². The fourth-order valence-corrected chi connectivity index (χ4v) is 4.96. The molecule has 6 nitrogen and oxygen atoms in total. The number of hydrogen-bond donors (Lipinski definition) is 1. The molecular weight excluding hydrogens is 463 g/mol.